The molecule has 4 N–H and O–H groups in total. The van der Waals surface area contributed by atoms with E-state index in [1.54, 1.807) is 18.2 Å². The molecule has 0 radical (unpaired) electrons. The number of aliphatic hydroxyl groups is 1. The number of rotatable bonds is 5. The zero-order valence-corrected chi connectivity index (χ0v) is 16.1. The van der Waals surface area contributed by atoms with Gasteiger partial charge in [0.1, 0.15) is 11.4 Å². The van der Waals surface area contributed by atoms with Crippen LogP contribution in [0.1, 0.15) is 36.8 Å². The zero-order valence-electron chi connectivity index (χ0n) is 16.1. The van der Waals surface area contributed by atoms with Crippen LogP contribution in [-0.4, -0.2) is 33.6 Å². The fourth-order valence-electron chi connectivity index (χ4n) is 3.87. The lowest BCUT2D eigenvalue weighted by molar-refractivity contribution is -0.137. The lowest BCUT2D eigenvalue weighted by Crippen LogP contribution is -2.31. The number of carbonyl (C=O) groups is 1. The molecule has 0 spiro atoms. The SMILES string of the molecule is O=C1Cc2cc(Nc3ncc(C(F)(F)F)c(NCC4CCCC[C@H]4O)n3)ccc2N1. The van der Waals surface area contributed by atoms with Crippen molar-refractivity contribution in [1.29, 1.82) is 0 Å². The van der Waals surface area contributed by atoms with E-state index in [0.717, 1.165) is 31.0 Å². The number of nitrogens with zero attached hydrogens (tertiary/aromatic N) is 2. The standard InChI is InChI=1S/C20H22F3N5O2/c21-20(22,23)14-10-25-19(26-13-5-6-15-12(7-13)8-17(30)27-15)28-18(14)24-9-11-3-1-2-4-16(11)29/h5-7,10-11,16,29H,1-4,8-9H2,(H,27,30)(H2,24,25,26,28)/t11?,16-/m1/s1. The molecule has 160 valence electrons. The van der Waals surface area contributed by atoms with Crippen molar-refractivity contribution < 1.29 is 23.1 Å². The maximum atomic E-state index is 13.4. The molecule has 2 aromatic rings. The fourth-order valence-corrected chi connectivity index (χ4v) is 3.87. The van der Waals surface area contributed by atoms with Gasteiger partial charge in [-0.1, -0.05) is 12.8 Å². The minimum absolute atomic E-state index is 0.00641. The Kier molecular flexibility index (Phi) is 5.50. The van der Waals surface area contributed by atoms with E-state index >= 15 is 0 Å². The Balaban J connectivity index is 1.53. The molecule has 1 aliphatic heterocycles. The molecule has 1 aromatic heterocycles. The summed E-state index contributed by atoms with van der Waals surface area (Å²) in [7, 11) is 0. The minimum atomic E-state index is -4.61. The van der Waals surface area contributed by atoms with Crippen molar-refractivity contribution in [3.8, 4) is 0 Å². The molecular formula is C20H22F3N5O2. The normalized spacial score (nSPS) is 21.1. The third kappa shape index (κ3) is 4.48. The van der Waals surface area contributed by atoms with Gasteiger partial charge in [0.15, 0.2) is 0 Å². The number of nitrogens with one attached hydrogen (secondary N) is 3. The third-order valence-electron chi connectivity index (χ3n) is 5.48. The molecule has 1 aromatic carbocycles. The predicted octanol–water partition coefficient (Wildman–Crippen LogP) is 3.70. The Morgan fingerprint density at radius 2 is 2.03 bits per heavy atom. The second kappa shape index (κ2) is 8.10. The number of alkyl halides is 3. The van der Waals surface area contributed by atoms with Crippen LogP contribution in [0.2, 0.25) is 0 Å². The first-order valence-electron chi connectivity index (χ1n) is 9.85. The van der Waals surface area contributed by atoms with Gasteiger partial charge < -0.3 is 21.1 Å². The van der Waals surface area contributed by atoms with Crippen LogP contribution in [0.3, 0.4) is 0 Å². The van der Waals surface area contributed by atoms with E-state index in [9.17, 15) is 23.1 Å². The largest absolute Gasteiger partial charge is 0.421 e. The third-order valence-corrected chi connectivity index (χ3v) is 5.48. The molecule has 30 heavy (non-hydrogen) atoms. The molecule has 1 fully saturated rings. The minimum Gasteiger partial charge on any atom is -0.393 e. The van der Waals surface area contributed by atoms with Crippen LogP contribution in [0.5, 0.6) is 0 Å². The van der Waals surface area contributed by atoms with Crippen LogP contribution in [0.25, 0.3) is 0 Å². The van der Waals surface area contributed by atoms with Crippen LogP contribution in [0.4, 0.5) is 36.3 Å². The number of aromatic nitrogens is 2. The van der Waals surface area contributed by atoms with E-state index in [-0.39, 0.29) is 36.6 Å². The summed E-state index contributed by atoms with van der Waals surface area (Å²) in [5.41, 5.74) is 1.12. The molecule has 2 atom stereocenters. The quantitative estimate of drug-likeness (QED) is 0.588. The maximum absolute atomic E-state index is 13.4. The molecule has 7 nitrogen and oxygen atoms in total. The van der Waals surface area contributed by atoms with Gasteiger partial charge in [0.25, 0.3) is 0 Å². The first-order valence-corrected chi connectivity index (χ1v) is 9.85. The van der Waals surface area contributed by atoms with E-state index < -0.39 is 17.8 Å². The summed E-state index contributed by atoms with van der Waals surface area (Å²) in [5.74, 6) is -0.542. The Labute approximate surface area is 171 Å². The summed E-state index contributed by atoms with van der Waals surface area (Å²) in [6.45, 7) is 0.202. The lowest BCUT2D eigenvalue weighted by atomic mass is 9.86. The van der Waals surface area contributed by atoms with Crippen molar-refractivity contribution >= 4 is 29.0 Å². The van der Waals surface area contributed by atoms with Gasteiger partial charge in [-0.3, -0.25) is 4.79 Å². The number of carbonyl (C=O) groups excluding carboxylic acids is 1. The summed E-state index contributed by atoms with van der Waals surface area (Å²) in [6, 6.07) is 5.15. The second-order valence-electron chi connectivity index (χ2n) is 7.67. The summed E-state index contributed by atoms with van der Waals surface area (Å²) >= 11 is 0. The Hall–Kier alpha value is -2.88. The van der Waals surface area contributed by atoms with Gasteiger partial charge >= 0.3 is 6.18 Å². The highest BCUT2D eigenvalue weighted by molar-refractivity contribution is 5.99. The van der Waals surface area contributed by atoms with E-state index in [1.165, 1.54) is 0 Å². The van der Waals surface area contributed by atoms with Crippen molar-refractivity contribution in [2.24, 2.45) is 5.92 Å². The number of halogens is 3. The molecule has 0 saturated heterocycles. The number of anilines is 4. The smallest absolute Gasteiger partial charge is 0.393 e. The average Bonchev–Trinajstić information content (AvgIpc) is 3.06. The molecular weight excluding hydrogens is 399 g/mol. The molecule has 2 heterocycles. The van der Waals surface area contributed by atoms with Gasteiger partial charge in [-0.25, -0.2) is 4.98 Å². The summed E-state index contributed by atoms with van der Waals surface area (Å²) in [5, 5.41) is 18.5. The van der Waals surface area contributed by atoms with Crippen molar-refractivity contribution in [3.63, 3.8) is 0 Å². The number of benzene rings is 1. The lowest BCUT2D eigenvalue weighted by Gasteiger charge is -2.28. The number of amides is 1. The number of hydrogen-bond donors (Lipinski definition) is 4. The van der Waals surface area contributed by atoms with Crippen LogP contribution < -0.4 is 16.0 Å². The summed E-state index contributed by atoms with van der Waals surface area (Å²) in [6.07, 6.45) is -0.855. The predicted molar refractivity (Wildman–Crippen MR) is 106 cm³/mol. The van der Waals surface area contributed by atoms with Gasteiger partial charge in [-0.05, 0) is 36.6 Å². The first kappa shape index (κ1) is 20.4. The van der Waals surface area contributed by atoms with Crippen molar-refractivity contribution in [3.05, 3.63) is 35.5 Å². The maximum Gasteiger partial charge on any atom is 0.421 e. The molecule has 4 rings (SSSR count). The van der Waals surface area contributed by atoms with Gasteiger partial charge in [0.05, 0.1) is 12.5 Å². The highest BCUT2D eigenvalue weighted by atomic mass is 19.4. The average molecular weight is 421 g/mol. The number of aliphatic hydroxyl groups excluding tert-OH is 1. The van der Waals surface area contributed by atoms with Crippen molar-refractivity contribution in [1.82, 2.24) is 9.97 Å². The van der Waals surface area contributed by atoms with Crippen LogP contribution in [0.15, 0.2) is 24.4 Å². The van der Waals surface area contributed by atoms with Gasteiger partial charge in [-0.15, -0.1) is 0 Å². The van der Waals surface area contributed by atoms with E-state index in [2.05, 4.69) is 25.9 Å². The molecule has 1 unspecified atom stereocenters. The fraction of sp³-hybridized carbons (Fsp3) is 0.450. The molecule has 10 heteroatoms. The molecule has 1 aliphatic carbocycles. The van der Waals surface area contributed by atoms with Crippen LogP contribution in [0, 0.1) is 5.92 Å². The Bertz CT molecular complexity index is 951. The van der Waals surface area contributed by atoms with Crippen molar-refractivity contribution in [2.45, 2.75) is 44.4 Å². The van der Waals surface area contributed by atoms with E-state index in [0.29, 0.717) is 17.8 Å². The van der Waals surface area contributed by atoms with Crippen LogP contribution in [-0.2, 0) is 17.4 Å². The molecule has 2 aliphatic rings. The summed E-state index contributed by atoms with van der Waals surface area (Å²) in [4.78, 5) is 19.3. The number of hydrogen-bond acceptors (Lipinski definition) is 6. The van der Waals surface area contributed by atoms with Crippen LogP contribution >= 0.6 is 0 Å². The molecule has 0 bridgehead atoms. The molecule has 1 saturated carbocycles. The van der Waals surface area contributed by atoms with Crippen molar-refractivity contribution in [2.75, 3.05) is 22.5 Å². The van der Waals surface area contributed by atoms with E-state index in [1.807, 2.05) is 0 Å². The monoisotopic (exact) mass is 421 g/mol. The summed E-state index contributed by atoms with van der Waals surface area (Å²) < 4.78 is 40.2. The first-order chi connectivity index (χ1) is 14.3. The second-order valence-corrected chi connectivity index (χ2v) is 7.67. The topological polar surface area (TPSA) is 99.2 Å². The highest BCUT2D eigenvalue weighted by Gasteiger charge is 2.36. The van der Waals surface area contributed by atoms with E-state index in [4.69, 9.17) is 0 Å². The Morgan fingerprint density at radius 3 is 2.80 bits per heavy atom. The zero-order chi connectivity index (χ0) is 21.3. The Morgan fingerprint density at radius 1 is 1.23 bits per heavy atom. The molecule has 1 amide bonds. The number of fused-ring (bicyclic) bond motifs is 1. The highest BCUT2D eigenvalue weighted by Crippen LogP contribution is 2.35. The van der Waals surface area contributed by atoms with Gasteiger partial charge in [0.2, 0.25) is 11.9 Å². The van der Waals surface area contributed by atoms with Gasteiger partial charge in [-0.2, -0.15) is 18.2 Å². The van der Waals surface area contributed by atoms with Gasteiger partial charge in [0, 0.05) is 30.0 Å².